The molecule has 1 aromatic heterocycles. The van der Waals surface area contributed by atoms with Crippen molar-refractivity contribution in [3.8, 4) is 5.75 Å². The molecule has 1 aromatic carbocycles. The Hall–Kier alpha value is -2.96. The third-order valence-electron chi connectivity index (χ3n) is 4.31. The van der Waals surface area contributed by atoms with Gasteiger partial charge in [-0.1, -0.05) is 12.1 Å². The molecule has 1 aliphatic heterocycles. The van der Waals surface area contributed by atoms with E-state index in [1.165, 1.54) is 25.3 Å². The summed E-state index contributed by atoms with van der Waals surface area (Å²) in [7, 11) is 1.33. The first-order valence-electron chi connectivity index (χ1n) is 8.38. The van der Waals surface area contributed by atoms with E-state index in [-0.39, 0.29) is 29.2 Å². The van der Waals surface area contributed by atoms with E-state index in [0.717, 1.165) is 5.56 Å². The first kappa shape index (κ1) is 17.8. The number of ether oxygens (including phenoxy) is 1. The number of rotatable bonds is 6. The maximum Gasteiger partial charge on any atom is 0.258 e. The van der Waals surface area contributed by atoms with Crippen LogP contribution in [0.5, 0.6) is 5.75 Å². The minimum atomic E-state index is -0.589. The number of benzene rings is 1. The predicted octanol–water partition coefficient (Wildman–Crippen LogP) is 2.15. The van der Waals surface area contributed by atoms with Crippen molar-refractivity contribution in [2.45, 2.75) is 25.4 Å². The number of hydrogen-bond acceptors (Lipinski definition) is 4. The van der Waals surface area contributed by atoms with Gasteiger partial charge in [-0.25, -0.2) is 4.39 Å². The van der Waals surface area contributed by atoms with E-state index in [0.29, 0.717) is 25.9 Å². The normalized spacial score (nSPS) is 16.2. The summed E-state index contributed by atoms with van der Waals surface area (Å²) < 4.78 is 19.1. The summed E-state index contributed by atoms with van der Waals surface area (Å²) in [6.45, 7) is 0.637. The van der Waals surface area contributed by atoms with Crippen LogP contribution < -0.4 is 10.1 Å². The average molecular weight is 357 g/mol. The van der Waals surface area contributed by atoms with Gasteiger partial charge in [-0.3, -0.25) is 14.6 Å². The van der Waals surface area contributed by atoms with Gasteiger partial charge in [0.25, 0.3) is 5.91 Å². The molecule has 0 unspecified atom stereocenters. The van der Waals surface area contributed by atoms with Gasteiger partial charge in [0.05, 0.1) is 12.7 Å². The highest BCUT2D eigenvalue weighted by molar-refractivity contribution is 5.97. The summed E-state index contributed by atoms with van der Waals surface area (Å²) in [6, 6.07) is 7.79. The smallest absolute Gasteiger partial charge is 0.258 e. The zero-order chi connectivity index (χ0) is 18.5. The third-order valence-corrected chi connectivity index (χ3v) is 4.31. The second-order valence-electron chi connectivity index (χ2n) is 6.17. The highest BCUT2D eigenvalue weighted by atomic mass is 19.1. The van der Waals surface area contributed by atoms with Crippen molar-refractivity contribution >= 4 is 11.8 Å². The van der Waals surface area contributed by atoms with E-state index in [1.54, 1.807) is 23.4 Å². The fraction of sp³-hybridized carbons (Fsp3) is 0.316. The summed E-state index contributed by atoms with van der Waals surface area (Å²) in [5, 5.41) is 2.86. The highest BCUT2D eigenvalue weighted by Gasteiger charge is 2.28. The number of amides is 2. The van der Waals surface area contributed by atoms with Crippen molar-refractivity contribution < 1.29 is 18.7 Å². The lowest BCUT2D eigenvalue weighted by molar-refractivity contribution is -0.119. The molecular weight excluding hydrogens is 337 g/mol. The Morgan fingerprint density at radius 3 is 2.88 bits per heavy atom. The maximum atomic E-state index is 14.0. The van der Waals surface area contributed by atoms with E-state index in [9.17, 15) is 14.0 Å². The van der Waals surface area contributed by atoms with Crippen molar-refractivity contribution in [2.24, 2.45) is 0 Å². The molecule has 0 saturated carbocycles. The molecule has 1 fully saturated rings. The third kappa shape index (κ3) is 3.99. The van der Waals surface area contributed by atoms with Crippen molar-refractivity contribution in [2.75, 3.05) is 13.7 Å². The molecule has 0 aliphatic carbocycles. The molecular formula is C19H20FN3O3. The van der Waals surface area contributed by atoms with Gasteiger partial charge in [0.2, 0.25) is 5.91 Å². The maximum absolute atomic E-state index is 14.0. The number of aromatic nitrogens is 1. The Balaban J connectivity index is 1.87. The standard InChI is InChI=1S/C19H20FN3O3/c1-26-18-15(5-2-6-16(18)20)19(25)23(11-13-4-3-9-21-10-13)12-14-7-8-17(24)22-14/h2-6,9-10,14H,7-8,11-12H2,1H3,(H,22,24)/t14-/m0/s1. The van der Waals surface area contributed by atoms with Gasteiger partial charge in [0.15, 0.2) is 11.6 Å². The van der Waals surface area contributed by atoms with E-state index < -0.39 is 5.82 Å². The number of para-hydroxylation sites is 1. The van der Waals surface area contributed by atoms with Gasteiger partial charge in [-0.2, -0.15) is 0 Å². The van der Waals surface area contributed by atoms with Crippen molar-refractivity contribution in [1.29, 1.82) is 0 Å². The van der Waals surface area contributed by atoms with Crippen LogP contribution in [-0.4, -0.2) is 41.4 Å². The lowest BCUT2D eigenvalue weighted by Crippen LogP contribution is -2.41. The van der Waals surface area contributed by atoms with Gasteiger partial charge in [0, 0.05) is 37.9 Å². The molecule has 0 radical (unpaired) electrons. The molecule has 1 saturated heterocycles. The number of nitrogens with zero attached hydrogens (tertiary/aromatic N) is 2. The van der Waals surface area contributed by atoms with Crippen LogP contribution in [0.3, 0.4) is 0 Å². The first-order chi connectivity index (χ1) is 12.6. The first-order valence-corrected chi connectivity index (χ1v) is 8.38. The monoisotopic (exact) mass is 357 g/mol. The second-order valence-corrected chi connectivity index (χ2v) is 6.17. The minimum absolute atomic E-state index is 0.0212. The number of hydrogen-bond donors (Lipinski definition) is 1. The summed E-state index contributed by atoms with van der Waals surface area (Å²) in [4.78, 5) is 30.2. The molecule has 0 spiro atoms. The van der Waals surface area contributed by atoms with E-state index >= 15 is 0 Å². The molecule has 3 rings (SSSR count). The van der Waals surface area contributed by atoms with Crippen LogP contribution in [0.25, 0.3) is 0 Å². The molecule has 1 aliphatic rings. The quantitative estimate of drug-likeness (QED) is 0.860. The Bertz CT molecular complexity index is 798. The van der Waals surface area contributed by atoms with Crippen LogP contribution >= 0.6 is 0 Å². The van der Waals surface area contributed by atoms with Gasteiger partial charge >= 0.3 is 0 Å². The summed E-state index contributed by atoms with van der Waals surface area (Å²) >= 11 is 0. The topological polar surface area (TPSA) is 71.5 Å². The van der Waals surface area contributed by atoms with Gasteiger partial charge in [0.1, 0.15) is 0 Å². The number of carbonyl (C=O) groups excluding carboxylic acids is 2. The number of halogens is 1. The summed E-state index contributed by atoms with van der Waals surface area (Å²) in [5.74, 6) is -1.04. The Labute approximate surface area is 151 Å². The number of nitrogens with one attached hydrogen (secondary N) is 1. The molecule has 2 heterocycles. The lowest BCUT2D eigenvalue weighted by atomic mass is 10.1. The number of carbonyl (C=O) groups is 2. The van der Waals surface area contributed by atoms with E-state index in [4.69, 9.17) is 4.74 Å². The van der Waals surface area contributed by atoms with Crippen LogP contribution in [0, 0.1) is 5.82 Å². The molecule has 2 amide bonds. The van der Waals surface area contributed by atoms with Crippen LogP contribution in [0.1, 0.15) is 28.8 Å². The Kier molecular flexibility index (Phi) is 5.46. The molecule has 6 nitrogen and oxygen atoms in total. The van der Waals surface area contributed by atoms with Crippen LogP contribution in [-0.2, 0) is 11.3 Å². The van der Waals surface area contributed by atoms with Gasteiger partial charge < -0.3 is 15.0 Å². The van der Waals surface area contributed by atoms with E-state index in [1.807, 2.05) is 6.07 Å². The van der Waals surface area contributed by atoms with Crippen molar-refractivity contribution in [3.05, 3.63) is 59.7 Å². The van der Waals surface area contributed by atoms with Crippen molar-refractivity contribution in [3.63, 3.8) is 0 Å². The molecule has 2 aromatic rings. The highest BCUT2D eigenvalue weighted by Crippen LogP contribution is 2.25. The number of methoxy groups -OCH3 is 1. The lowest BCUT2D eigenvalue weighted by Gasteiger charge is -2.26. The van der Waals surface area contributed by atoms with Crippen LogP contribution in [0.4, 0.5) is 4.39 Å². The Morgan fingerprint density at radius 2 is 2.23 bits per heavy atom. The minimum Gasteiger partial charge on any atom is -0.493 e. The molecule has 0 bridgehead atoms. The molecule has 1 N–H and O–H groups in total. The van der Waals surface area contributed by atoms with Crippen LogP contribution in [0.2, 0.25) is 0 Å². The SMILES string of the molecule is COc1c(F)cccc1C(=O)N(Cc1cccnc1)C[C@@H]1CCC(=O)N1. The largest absolute Gasteiger partial charge is 0.493 e. The summed E-state index contributed by atoms with van der Waals surface area (Å²) in [5.41, 5.74) is 1.00. The molecule has 1 atom stereocenters. The molecule has 26 heavy (non-hydrogen) atoms. The van der Waals surface area contributed by atoms with Gasteiger partial charge in [-0.05, 0) is 30.2 Å². The van der Waals surface area contributed by atoms with Gasteiger partial charge in [-0.15, -0.1) is 0 Å². The zero-order valence-corrected chi connectivity index (χ0v) is 14.4. The molecule has 136 valence electrons. The van der Waals surface area contributed by atoms with Crippen LogP contribution in [0.15, 0.2) is 42.7 Å². The van der Waals surface area contributed by atoms with Crippen molar-refractivity contribution in [1.82, 2.24) is 15.2 Å². The number of pyridine rings is 1. The summed E-state index contributed by atoms with van der Waals surface area (Å²) in [6.07, 6.45) is 4.44. The Morgan fingerprint density at radius 1 is 1.38 bits per heavy atom. The molecule has 7 heteroatoms. The fourth-order valence-electron chi connectivity index (χ4n) is 3.07. The van der Waals surface area contributed by atoms with E-state index in [2.05, 4.69) is 10.3 Å². The zero-order valence-electron chi connectivity index (χ0n) is 14.4. The second kappa shape index (κ2) is 7.95. The fourth-order valence-corrected chi connectivity index (χ4v) is 3.07. The average Bonchev–Trinajstić information content (AvgIpc) is 3.06. The predicted molar refractivity (Wildman–Crippen MR) is 93.1 cm³/mol.